The van der Waals surface area contributed by atoms with Gasteiger partial charge in [-0.15, -0.1) is 0 Å². The first kappa shape index (κ1) is 20.2. The molecule has 1 aliphatic heterocycles. The van der Waals surface area contributed by atoms with Crippen molar-refractivity contribution in [2.24, 2.45) is 17.3 Å². The minimum absolute atomic E-state index is 0.0506. The lowest BCUT2D eigenvalue weighted by Crippen LogP contribution is -2.65. The molecule has 9 nitrogen and oxygen atoms in total. The van der Waals surface area contributed by atoms with Crippen LogP contribution in [0.2, 0.25) is 0 Å². The number of nitrogens with one attached hydrogen (secondary N) is 1. The highest BCUT2D eigenvalue weighted by molar-refractivity contribution is 5.73. The number of carboxylic acids is 2. The number of aliphatic carboxylic acids is 2. The molecule has 0 aromatic heterocycles. The molecule has 2 fully saturated rings. The van der Waals surface area contributed by atoms with Crippen molar-refractivity contribution in [2.45, 2.75) is 63.3 Å². The van der Waals surface area contributed by atoms with Crippen LogP contribution < -0.4 is 5.32 Å². The van der Waals surface area contributed by atoms with Crippen LogP contribution in [0, 0.1) is 17.3 Å². The predicted octanol–water partition coefficient (Wildman–Crippen LogP) is -0.694. The van der Waals surface area contributed by atoms with Gasteiger partial charge in [0.1, 0.15) is 24.5 Å². The molecule has 152 valence electrons. The van der Waals surface area contributed by atoms with Crippen LogP contribution in [-0.2, 0) is 14.3 Å². The van der Waals surface area contributed by atoms with E-state index in [0.717, 1.165) is 12.8 Å². The SMILES string of the molecule is CCC1=C[C@@H]2[C@H](C1)C[C@]2(CNC1O[C@H](C(=O)O)[C@@H](O)[C@H](O)[C@H]1O)CC(=O)O. The molecular weight excluding hydrogens is 358 g/mol. The van der Waals surface area contributed by atoms with Crippen molar-refractivity contribution in [2.75, 3.05) is 6.54 Å². The summed E-state index contributed by atoms with van der Waals surface area (Å²) in [4.78, 5) is 22.6. The van der Waals surface area contributed by atoms with Gasteiger partial charge in [-0.05, 0) is 31.1 Å². The largest absolute Gasteiger partial charge is 0.481 e. The Bertz CT molecular complexity index is 637. The van der Waals surface area contributed by atoms with Gasteiger partial charge in [0.15, 0.2) is 6.10 Å². The number of aliphatic hydroxyl groups is 3. The van der Waals surface area contributed by atoms with Crippen LogP contribution in [0.1, 0.15) is 32.6 Å². The Morgan fingerprint density at radius 1 is 1.22 bits per heavy atom. The molecule has 1 saturated heterocycles. The highest BCUT2D eigenvalue weighted by Crippen LogP contribution is 2.59. The second kappa shape index (κ2) is 7.48. The molecule has 27 heavy (non-hydrogen) atoms. The van der Waals surface area contributed by atoms with Crippen molar-refractivity contribution in [1.82, 2.24) is 5.32 Å². The molecule has 0 bridgehead atoms. The first-order chi connectivity index (χ1) is 12.7. The summed E-state index contributed by atoms with van der Waals surface area (Å²) in [6.07, 6.45) is -3.14. The molecule has 6 N–H and O–H groups in total. The van der Waals surface area contributed by atoms with Crippen LogP contribution >= 0.6 is 0 Å². The summed E-state index contributed by atoms with van der Waals surface area (Å²) in [5.41, 5.74) is 0.770. The molecule has 0 amide bonds. The maximum Gasteiger partial charge on any atom is 0.335 e. The zero-order valence-electron chi connectivity index (χ0n) is 15.1. The lowest BCUT2D eigenvalue weighted by Gasteiger charge is -2.53. The van der Waals surface area contributed by atoms with E-state index in [9.17, 15) is 30.0 Å². The third-order valence-electron chi connectivity index (χ3n) is 6.29. The molecule has 0 radical (unpaired) electrons. The maximum absolute atomic E-state index is 11.4. The molecule has 0 aromatic carbocycles. The Kier molecular flexibility index (Phi) is 5.60. The number of hydrogen-bond donors (Lipinski definition) is 6. The van der Waals surface area contributed by atoms with E-state index in [1.54, 1.807) is 0 Å². The molecule has 1 unspecified atom stereocenters. The molecule has 0 spiro atoms. The van der Waals surface area contributed by atoms with Crippen molar-refractivity contribution in [3.63, 3.8) is 0 Å². The predicted molar refractivity (Wildman–Crippen MR) is 91.6 cm³/mol. The van der Waals surface area contributed by atoms with Gasteiger partial charge < -0.3 is 30.3 Å². The highest BCUT2D eigenvalue weighted by atomic mass is 16.6. The van der Waals surface area contributed by atoms with Crippen molar-refractivity contribution in [3.8, 4) is 0 Å². The number of fused-ring (bicyclic) bond motifs is 1. The molecule has 9 heteroatoms. The summed E-state index contributed by atoms with van der Waals surface area (Å²) in [5, 5.41) is 51.2. The minimum Gasteiger partial charge on any atom is -0.481 e. The quantitative estimate of drug-likeness (QED) is 0.312. The van der Waals surface area contributed by atoms with Gasteiger partial charge in [-0.3, -0.25) is 10.1 Å². The highest BCUT2D eigenvalue weighted by Gasteiger charge is 2.56. The molecule has 2 aliphatic carbocycles. The normalized spacial score (nSPS) is 43.6. The number of allylic oxidation sites excluding steroid dienone is 2. The zero-order valence-corrected chi connectivity index (χ0v) is 15.1. The van der Waals surface area contributed by atoms with Crippen LogP contribution in [-0.4, -0.2) is 74.7 Å². The molecule has 1 heterocycles. The Morgan fingerprint density at radius 3 is 2.52 bits per heavy atom. The number of ether oxygens (including phenoxy) is 1. The van der Waals surface area contributed by atoms with Crippen LogP contribution in [0.3, 0.4) is 0 Å². The Hall–Kier alpha value is -1.52. The standard InChI is InChI=1S/C18H27NO8/c1-2-8-3-9-5-18(6-11(20)21,10(9)4-8)7-19-16-14(24)12(22)13(23)15(27-16)17(25)26/h4,9-10,12-16,19,22-24H,2-3,5-7H2,1H3,(H,20,21)(H,25,26)/t9-,10-,12+,13+,14-,15+,16?,18-/m1/s1. The third-order valence-corrected chi connectivity index (χ3v) is 6.29. The first-order valence-electron chi connectivity index (χ1n) is 9.25. The Labute approximate surface area is 156 Å². The van der Waals surface area contributed by atoms with E-state index in [-0.39, 0.29) is 18.9 Å². The van der Waals surface area contributed by atoms with Crippen molar-refractivity contribution in [3.05, 3.63) is 11.6 Å². The van der Waals surface area contributed by atoms with Gasteiger partial charge in [0, 0.05) is 12.0 Å². The second-order valence-corrected chi connectivity index (χ2v) is 7.97. The van der Waals surface area contributed by atoms with E-state index in [4.69, 9.17) is 9.84 Å². The summed E-state index contributed by atoms with van der Waals surface area (Å²) in [6.45, 7) is 2.27. The fourth-order valence-electron chi connectivity index (χ4n) is 4.86. The van der Waals surface area contributed by atoms with Crippen LogP contribution in [0.25, 0.3) is 0 Å². The lowest BCUT2D eigenvalue weighted by atomic mass is 9.53. The van der Waals surface area contributed by atoms with Crippen LogP contribution in [0.5, 0.6) is 0 Å². The maximum atomic E-state index is 11.4. The van der Waals surface area contributed by atoms with Crippen molar-refractivity contribution in [1.29, 1.82) is 0 Å². The Balaban J connectivity index is 1.71. The first-order valence-corrected chi connectivity index (χ1v) is 9.25. The van der Waals surface area contributed by atoms with Gasteiger partial charge in [-0.25, -0.2) is 4.79 Å². The molecule has 1 saturated carbocycles. The van der Waals surface area contributed by atoms with Crippen molar-refractivity contribution >= 4 is 11.9 Å². The van der Waals surface area contributed by atoms with E-state index < -0.39 is 48.0 Å². The summed E-state index contributed by atoms with van der Waals surface area (Å²) in [6, 6.07) is 0. The summed E-state index contributed by atoms with van der Waals surface area (Å²) in [7, 11) is 0. The second-order valence-electron chi connectivity index (χ2n) is 7.97. The summed E-state index contributed by atoms with van der Waals surface area (Å²) in [5.74, 6) is -1.84. The van der Waals surface area contributed by atoms with E-state index in [0.29, 0.717) is 12.3 Å². The van der Waals surface area contributed by atoms with Crippen LogP contribution in [0.15, 0.2) is 11.6 Å². The lowest BCUT2D eigenvalue weighted by molar-refractivity contribution is -0.236. The number of carboxylic acid groups (broad SMARTS) is 2. The van der Waals surface area contributed by atoms with E-state index in [1.165, 1.54) is 5.57 Å². The number of rotatable bonds is 7. The Morgan fingerprint density at radius 2 is 1.93 bits per heavy atom. The average molecular weight is 385 g/mol. The number of carbonyl (C=O) groups is 2. The monoisotopic (exact) mass is 385 g/mol. The number of hydrogen-bond acceptors (Lipinski definition) is 7. The molecule has 3 aliphatic rings. The van der Waals surface area contributed by atoms with Gasteiger partial charge in [-0.2, -0.15) is 0 Å². The molecule has 8 atom stereocenters. The van der Waals surface area contributed by atoms with Crippen LogP contribution in [0.4, 0.5) is 0 Å². The summed E-state index contributed by atoms with van der Waals surface area (Å²) >= 11 is 0. The third kappa shape index (κ3) is 3.62. The van der Waals surface area contributed by atoms with Crippen molar-refractivity contribution < 1.29 is 39.9 Å². The van der Waals surface area contributed by atoms with Gasteiger partial charge in [-0.1, -0.05) is 18.6 Å². The van der Waals surface area contributed by atoms with Gasteiger partial charge in [0.25, 0.3) is 0 Å². The smallest absolute Gasteiger partial charge is 0.335 e. The average Bonchev–Trinajstić information content (AvgIpc) is 2.95. The van der Waals surface area contributed by atoms with E-state index >= 15 is 0 Å². The summed E-state index contributed by atoms with van der Waals surface area (Å²) < 4.78 is 5.23. The topological polar surface area (TPSA) is 157 Å². The zero-order chi connectivity index (χ0) is 19.9. The fraction of sp³-hybridized carbons (Fsp3) is 0.778. The minimum atomic E-state index is -1.75. The van der Waals surface area contributed by atoms with Gasteiger partial charge in [0.2, 0.25) is 0 Å². The van der Waals surface area contributed by atoms with Gasteiger partial charge in [0.05, 0.1) is 6.42 Å². The number of aliphatic hydroxyl groups excluding tert-OH is 3. The molecular formula is C18H27NO8. The molecule has 3 rings (SSSR count). The van der Waals surface area contributed by atoms with E-state index in [1.807, 2.05) is 0 Å². The molecule has 0 aromatic rings. The fourth-order valence-corrected chi connectivity index (χ4v) is 4.86. The van der Waals surface area contributed by atoms with Gasteiger partial charge >= 0.3 is 11.9 Å². The van der Waals surface area contributed by atoms with E-state index in [2.05, 4.69) is 18.3 Å².